The maximum absolute atomic E-state index is 15.0. The number of carbonyl (C=O) groups excluding carboxylic acids is 1. The molecule has 2 fully saturated rings. The van der Waals surface area contributed by atoms with Gasteiger partial charge in [0.1, 0.15) is 5.60 Å². The molecule has 5 rings (SSSR count). The Morgan fingerprint density at radius 2 is 1.69 bits per heavy atom. The van der Waals surface area contributed by atoms with E-state index in [-0.39, 0.29) is 24.5 Å². The number of alkyl halides is 5. The number of benzene rings is 1. The summed E-state index contributed by atoms with van der Waals surface area (Å²) in [6.45, 7) is 3.04. The van der Waals surface area contributed by atoms with Crippen LogP contribution in [0.25, 0.3) is 0 Å². The van der Waals surface area contributed by atoms with Crippen molar-refractivity contribution in [3.05, 3.63) is 58.2 Å². The lowest BCUT2D eigenvalue weighted by Crippen LogP contribution is -2.65. The Labute approximate surface area is 207 Å². The zero-order valence-corrected chi connectivity index (χ0v) is 20.3. The average molecular weight is 511 g/mol. The summed E-state index contributed by atoms with van der Waals surface area (Å²) in [5, 5.41) is 21.2. The van der Waals surface area contributed by atoms with Crippen LogP contribution in [0.1, 0.15) is 81.9 Å². The first kappa shape index (κ1) is 25.6. The largest absolute Gasteiger partial charge is 0.456 e. The number of allylic oxidation sites excluding steroid dienone is 4. The van der Waals surface area contributed by atoms with E-state index in [1.165, 1.54) is 6.92 Å². The van der Waals surface area contributed by atoms with Crippen LogP contribution < -0.4 is 0 Å². The van der Waals surface area contributed by atoms with E-state index >= 15 is 0 Å². The van der Waals surface area contributed by atoms with Gasteiger partial charge < -0.3 is 10.2 Å². The van der Waals surface area contributed by atoms with Crippen LogP contribution in [-0.2, 0) is 4.79 Å². The summed E-state index contributed by atoms with van der Waals surface area (Å²) >= 11 is 0. The van der Waals surface area contributed by atoms with Gasteiger partial charge in [-0.2, -0.15) is 22.0 Å². The van der Waals surface area contributed by atoms with Crippen LogP contribution in [0.15, 0.2) is 47.1 Å². The molecule has 1 aromatic rings. The molecule has 36 heavy (non-hydrogen) atoms. The summed E-state index contributed by atoms with van der Waals surface area (Å²) in [6, 6.07) is 7.07. The van der Waals surface area contributed by atoms with Crippen LogP contribution in [0.2, 0.25) is 0 Å². The van der Waals surface area contributed by atoms with Gasteiger partial charge in [0.25, 0.3) is 0 Å². The van der Waals surface area contributed by atoms with Gasteiger partial charge >= 0.3 is 12.1 Å². The van der Waals surface area contributed by atoms with E-state index in [1.54, 1.807) is 37.3 Å². The molecule has 0 radical (unpaired) electrons. The van der Waals surface area contributed by atoms with Gasteiger partial charge in [0.15, 0.2) is 5.78 Å². The highest BCUT2D eigenvalue weighted by molar-refractivity contribution is 5.93. The third kappa shape index (κ3) is 3.46. The maximum atomic E-state index is 15.0. The minimum atomic E-state index is -5.86. The number of hydrogen-bond acceptors (Lipinski definition) is 3. The van der Waals surface area contributed by atoms with E-state index in [0.29, 0.717) is 31.2 Å². The minimum Gasteiger partial charge on any atom is -0.389 e. The number of fused-ring (bicyclic) bond motifs is 4. The molecule has 0 heterocycles. The highest BCUT2D eigenvalue weighted by atomic mass is 19.4. The lowest BCUT2D eigenvalue weighted by molar-refractivity contribution is -0.362. The molecule has 4 aliphatic rings. The Hall–Kier alpha value is -2.06. The van der Waals surface area contributed by atoms with Gasteiger partial charge in [-0.15, -0.1) is 0 Å². The van der Waals surface area contributed by atoms with Crippen LogP contribution in [-0.4, -0.2) is 33.7 Å². The highest BCUT2D eigenvalue weighted by Crippen LogP contribution is 2.70. The van der Waals surface area contributed by atoms with Crippen molar-refractivity contribution in [2.24, 2.45) is 17.3 Å². The number of carbonyl (C=O) groups is 1. The predicted molar refractivity (Wildman–Crippen MR) is 123 cm³/mol. The number of aliphatic hydroxyl groups excluding tert-OH is 1. The van der Waals surface area contributed by atoms with Crippen molar-refractivity contribution in [1.29, 1.82) is 0 Å². The molecular weight excluding hydrogens is 479 g/mol. The van der Waals surface area contributed by atoms with Gasteiger partial charge in [0.2, 0.25) is 0 Å². The molecule has 6 atom stereocenters. The number of halogens is 5. The van der Waals surface area contributed by atoms with Gasteiger partial charge in [0, 0.05) is 17.8 Å². The number of rotatable bonds is 3. The monoisotopic (exact) mass is 510 g/mol. The molecule has 3 nitrogen and oxygen atoms in total. The molecule has 0 aromatic heterocycles. The summed E-state index contributed by atoms with van der Waals surface area (Å²) in [6.07, 6.45) is -3.49. The van der Waals surface area contributed by atoms with Crippen molar-refractivity contribution in [1.82, 2.24) is 0 Å². The second-order valence-electron chi connectivity index (χ2n) is 11.3. The zero-order chi connectivity index (χ0) is 26.3. The molecule has 4 aliphatic carbocycles. The standard InChI is InChI=1S/C28H31F5O3/c1-15(34)16-3-5-17(6-4-16)22-14-25(2)23(11-12-26(25,36)27(29,30)28(31,32)33)21-9-7-18-13-19(35)8-10-20(18)24(21)22/h3-6,13,15,21-23,34,36H,7-12,14H2,1-2H3/t15?,21?,22?,23?,25-,26-/m0/s1. The fraction of sp³-hybridized carbons (Fsp3) is 0.607. The first-order chi connectivity index (χ1) is 16.7. The molecule has 0 spiro atoms. The van der Waals surface area contributed by atoms with Gasteiger partial charge in [-0.25, -0.2) is 0 Å². The topological polar surface area (TPSA) is 57.5 Å². The summed E-state index contributed by atoms with van der Waals surface area (Å²) in [5.74, 6) is -6.44. The van der Waals surface area contributed by atoms with Crippen LogP contribution in [0.5, 0.6) is 0 Å². The van der Waals surface area contributed by atoms with Crippen molar-refractivity contribution in [3.63, 3.8) is 0 Å². The molecule has 0 bridgehead atoms. The number of hydrogen-bond donors (Lipinski definition) is 2. The second-order valence-corrected chi connectivity index (χ2v) is 11.3. The van der Waals surface area contributed by atoms with Crippen molar-refractivity contribution >= 4 is 5.78 Å². The van der Waals surface area contributed by atoms with Crippen molar-refractivity contribution in [2.45, 2.75) is 88.5 Å². The fourth-order valence-corrected chi connectivity index (χ4v) is 7.72. The lowest BCUT2D eigenvalue weighted by Gasteiger charge is -2.56. The minimum absolute atomic E-state index is 0.0475. The van der Waals surface area contributed by atoms with Gasteiger partial charge in [-0.3, -0.25) is 4.79 Å². The molecular formula is C28H31F5O3. The van der Waals surface area contributed by atoms with E-state index in [2.05, 4.69) is 0 Å². The van der Waals surface area contributed by atoms with Crippen molar-refractivity contribution in [3.8, 4) is 0 Å². The molecule has 8 heteroatoms. The van der Waals surface area contributed by atoms with E-state index in [0.717, 1.165) is 22.3 Å². The van der Waals surface area contributed by atoms with Crippen LogP contribution in [0.3, 0.4) is 0 Å². The van der Waals surface area contributed by atoms with Crippen LogP contribution in [0.4, 0.5) is 22.0 Å². The smallest absolute Gasteiger partial charge is 0.389 e. The molecule has 196 valence electrons. The number of ketones is 1. The molecule has 1 aromatic carbocycles. The Morgan fingerprint density at radius 3 is 2.31 bits per heavy atom. The fourth-order valence-electron chi connectivity index (χ4n) is 7.72. The highest BCUT2D eigenvalue weighted by Gasteiger charge is 2.79. The summed E-state index contributed by atoms with van der Waals surface area (Å²) in [4.78, 5) is 12.1. The normalized spacial score (nSPS) is 35.6. The molecule has 4 unspecified atom stereocenters. The Morgan fingerprint density at radius 1 is 1.03 bits per heavy atom. The first-order valence-electron chi connectivity index (χ1n) is 12.6. The SMILES string of the molecule is CC(O)c1ccc(C2C[C@@]3(C)C(CC[C@@]3(O)C(F)(F)C(F)(F)F)C3CCC4=CC(=O)CCC4=C23)cc1. The Bertz CT molecular complexity index is 1130. The molecule has 0 amide bonds. The van der Waals surface area contributed by atoms with E-state index in [9.17, 15) is 37.0 Å². The predicted octanol–water partition coefficient (Wildman–Crippen LogP) is 6.57. The lowest BCUT2D eigenvalue weighted by atomic mass is 9.50. The number of aliphatic hydroxyl groups is 2. The van der Waals surface area contributed by atoms with Gasteiger partial charge in [-0.1, -0.05) is 36.8 Å². The van der Waals surface area contributed by atoms with E-state index in [1.807, 2.05) is 0 Å². The third-order valence-corrected chi connectivity index (χ3v) is 9.58. The second kappa shape index (κ2) is 8.22. The van der Waals surface area contributed by atoms with Gasteiger partial charge in [0.05, 0.1) is 6.10 Å². The van der Waals surface area contributed by atoms with Crippen LogP contribution >= 0.6 is 0 Å². The molecule has 2 saturated carbocycles. The summed E-state index contributed by atoms with van der Waals surface area (Å²) in [7, 11) is 0. The van der Waals surface area contributed by atoms with Crippen molar-refractivity contribution < 1.29 is 37.0 Å². The maximum Gasteiger partial charge on any atom is 0.456 e. The quantitative estimate of drug-likeness (QED) is 0.453. The Kier molecular flexibility index (Phi) is 5.84. The van der Waals surface area contributed by atoms with E-state index < -0.39 is 47.5 Å². The van der Waals surface area contributed by atoms with Crippen LogP contribution in [0, 0.1) is 17.3 Å². The zero-order valence-electron chi connectivity index (χ0n) is 20.3. The third-order valence-electron chi connectivity index (χ3n) is 9.58. The van der Waals surface area contributed by atoms with Gasteiger partial charge in [-0.05, 0) is 85.6 Å². The molecule has 2 N–H and O–H groups in total. The molecule has 0 aliphatic heterocycles. The van der Waals surface area contributed by atoms with E-state index in [4.69, 9.17) is 0 Å². The average Bonchev–Trinajstić information content (AvgIpc) is 3.09. The summed E-state index contributed by atoms with van der Waals surface area (Å²) in [5.41, 5.74) is -0.436. The molecule has 0 saturated heterocycles. The summed E-state index contributed by atoms with van der Waals surface area (Å²) < 4.78 is 70.8. The first-order valence-corrected chi connectivity index (χ1v) is 12.6. The Balaban J connectivity index is 1.68. The van der Waals surface area contributed by atoms with Crippen molar-refractivity contribution in [2.75, 3.05) is 0 Å².